The standard InChI is InChI=1S/C13H11Cl2NO/c1-8-4-9(7-16-6-8)13(17)11-5-10(14)2-3-12(11)15/h2-7,13,17H,1H3. The molecule has 0 bridgehead atoms. The van der Waals surface area contributed by atoms with Crippen LogP contribution in [0.4, 0.5) is 0 Å². The minimum atomic E-state index is -0.811. The van der Waals surface area contributed by atoms with Crippen LogP contribution < -0.4 is 0 Å². The number of aliphatic hydroxyl groups excluding tert-OH is 1. The van der Waals surface area contributed by atoms with Crippen LogP contribution in [0.3, 0.4) is 0 Å². The summed E-state index contributed by atoms with van der Waals surface area (Å²) >= 11 is 11.9. The molecule has 1 unspecified atom stereocenters. The first-order valence-corrected chi connectivity index (χ1v) is 5.88. The molecule has 0 aliphatic heterocycles. The number of halogens is 2. The number of hydrogen-bond acceptors (Lipinski definition) is 2. The lowest BCUT2D eigenvalue weighted by atomic mass is 10.0. The zero-order chi connectivity index (χ0) is 12.4. The van der Waals surface area contributed by atoms with Crippen molar-refractivity contribution >= 4 is 23.2 Å². The molecule has 0 amide bonds. The van der Waals surface area contributed by atoms with Gasteiger partial charge in [-0.1, -0.05) is 29.3 Å². The Balaban J connectivity index is 2.43. The lowest BCUT2D eigenvalue weighted by Gasteiger charge is -2.13. The molecule has 2 aromatic rings. The van der Waals surface area contributed by atoms with Gasteiger partial charge in [0.25, 0.3) is 0 Å². The van der Waals surface area contributed by atoms with E-state index < -0.39 is 6.10 Å². The van der Waals surface area contributed by atoms with E-state index in [4.69, 9.17) is 23.2 Å². The molecule has 1 aromatic carbocycles. The summed E-state index contributed by atoms with van der Waals surface area (Å²) in [7, 11) is 0. The maximum Gasteiger partial charge on any atom is 0.107 e. The summed E-state index contributed by atoms with van der Waals surface area (Å²) < 4.78 is 0. The van der Waals surface area contributed by atoms with E-state index >= 15 is 0 Å². The molecule has 88 valence electrons. The summed E-state index contributed by atoms with van der Waals surface area (Å²) in [6.07, 6.45) is 2.54. The van der Waals surface area contributed by atoms with Gasteiger partial charge in [0.15, 0.2) is 0 Å². The third-order valence-corrected chi connectivity index (χ3v) is 3.04. The Labute approximate surface area is 110 Å². The molecule has 1 N–H and O–H groups in total. The minimum absolute atomic E-state index is 0.489. The van der Waals surface area contributed by atoms with E-state index in [2.05, 4.69) is 4.98 Å². The molecule has 0 saturated carbocycles. The second-order valence-electron chi connectivity index (χ2n) is 3.86. The molecule has 17 heavy (non-hydrogen) atoms. The summed E-state index contributed by atoms with van der Waals surface area (Å²) in [5.74, 6) is 0. The Morgan fingerprint density at radius 1 is 1.18 bits per heavy atom. The number of pyridine rings is 1. The molecule has 0 fully saturated rings. The number of hydrogen-bond donors (Lipinski definition) is 1. The average molecular weight is 268 g/mol. The molecule has 2 nitrogen and oxygen atoms in total. The molecule has 0 aliphatic carbocycles. The molecule has 0 saturated heterocycles. The van der Waals surface area contributed by atoms with Crippen molar-refractivity contribution in [2.45, 2.75) is 13.0 Å². The lowest BCUT2D eigenvalue weighted by Crippen LogP contribution is -2.01. The highest BCUT2D eigenvalue weighted by atomic mass is 35.5. The van der Waals surface area contributed by atoms with Crippen molar-refractivity contribution in [2.75, 3.05) is 0 Å². The predicted octanol–water partition coefficient (Wildman–Crippen LogP) is 3.78. The number of benzene rings is 1. The van der Waals surface area contributed by atoms with Crippen LogP contribution in [-0.2, 0) is 0 Å². The van der Waals surface area contributed by atoms with Gasteiger partial charge in [-0.2, -0.15) is 0 Å². The maximum atomic E-state index is 10.2. The minimum Gasteiger partial charge on any atom is -0.384 e. The van der Waals surface area contributed by atoms with E-state index in [-0.39, 0.29) is 0 Å². The van der Waals surface area contributed by atoms with E-state index in [0.29, 0.717) is 21.2 Å². The molecule has 2 rings (SSSR count). The highest BCUT2D eigenvalue weighted by Gasteiger charge is 2.14. The van der Waals surface area contributed by atoms with Gasteiger partial charge in [0.05, 0.1) is 0 Å². The zero-order valence-corrected chi connectivity index (χ0v) is 10.7. The normalized spacial score (nSPS) is 12.5. The molecule has 4 heteroatoms. The van der Waals surface area contributed by atoms with Crippen LogP contribution in [-0.4, -0.2) is 10.1 Å². The third-order valence-electron chi connectivity index (χ3n) is 2.46. The van der Waals surface area contributed by atoms with Crippen molar-refractivity contribution < 1.29 is 5.11 Å². The van der Waals surface area contributed by atoms with Crippen LogP contribution in [0.25, 0.3) is 0 Å². The van der Waals surface area contributed by atoms with E-state index in [1.165, 1.54) is 0 Å². The number of aryl methyl sites for hydroxylation is 1. The van der Waals surface area contributed by atoms with Crippen LogP contribution >= 0.6 is 23.2 Å². The zero-order valence-electron chi connectivity index (χ0n) is 9.19. The number of nitrogens with zero attached hydrogens (tertiary/aromatic N) is 1. The van der Waals surface area contributed by atoms with Gasteiger partial charge in [-0.25, -0.2) is 0 Å². The SMILES string of the molecule is Cc1cncc(C(O)c2cc(Cl)ccc2Cl)c1. The molecular weight excluding hydrogens is 257 g/mol. The van der Waals surface area contributed by atoms with Crippen LogP contribution in [0, 0.1) is 6.92 Å². The largest absolute Gasteiger partial charge is 0.384 e. The van der Waals surface area contributed by atoms with E-state index in [1.54, 1.807) is 30.6 Å². The highest BCUT2D eigenvalue weighted by Crippen LogP contribution is 2.30. The Morgan fingerprint density at radius 3 is 2.65 bits per heavy atom. The Morgan fingerprint density at radius 2 is 1.94 bits per heavy atom. The molecule has 0 spiro atoms. The van der Waals surface area contributed by atoms with Crippen LogP contribution in [0.2, 0.25) is 10.0 Å². The van der Waals surface area contributed by atoms with Gasteiger partial charge in [0.1, 0.15) is 6.10 Å². The summed E-state index contributed by atoms with van der Waals surface area (Å²) in [6.45, 7) is 1.92. The molecule has 1 aromatic heterocycles. The fraction of sp³-hybridized carbons (Fsp3) is 0.154. The van der Waals surface area contributed by atoms with Gasteiger partial charge in [-0.3, -0.25) is 4.98 Å². The Bertz CT molecular complexity index is 543. The monoisotopic (exact) mass is 267 g/mol. The number of aromatic nitrogens is 1. The smallest absolute Gasteiger partial charge is 0.107 e. The van der Waals surface area contributed by atoms with Crippen molar-refractivity contribution in [1.29, 1.82) is 0 Å². The van der Waals surface area contributed by atoms with Crippen molar-refractivity contribution in [2.24, 2.45) is 0 Å². The van der Waals surface area contributed by atoms with Gasteiger partial charge in [0.2, 0.25) is 0 Å². The van der Waals surface area contributed by atoms with Crippen LogP contribution in [0.15, 0.2) is 36.7 Å². The van der Waals surface area contributed by atoms with E-state index in [9.17, 15) is 5.11 Å². The summed E-state index contributed by atoms with van der Waals surface area (Å²) in [5, 5.41) is 11.3. The molecule has 0 radical (unpaired) electrons. The first-order valence-electron chi connectivity index (χ1n) is 5.12. The Hall–Kier alpha value is -1.09. The highest BCUT2D eigenvalue weighted by molar-refractivity contribution is 6.33. The third kappa shape index (κ3) is 2.78. The van der Waals surface area contributed by atoms with Crippen LogP contribution in [0.1, 0.15) is 22.8 Å². The van der Waals surface area contributed by atoms with E-state index in [0.717, 1.165) is 5.56 Å². The van der Waals surface area contributed by atoms with Gasteiger partial charge in [0, 0.05) is 33.6 Å². The fourth-order valence-electron chi connectivity index (χ4n) is 1.63. The summed E-state index contributed by atoms with van der Waals surface area (Å²) in [5.41, 5.74) is 2.28. The molecule has 1 atom stereocenters. The molecule has 1 heterocycles. The van der Waals surface area contributed by atoms with Gasteiger partial charge < -0.3 is 5.11 Å². The Kier molecular flexibility index (Phi) is 3.67. The second kappa shape index (κ2) is 5.05. The number of rotatable bonds is 2. The van der Waals surface area contributed by atoms with E-state index in [1.807, 2.05) is 13.0 Å². The first-order chi connectivity index (χ1) is 8.08. The molecule has 0 aliphatic rings. The van der Waals surface area contributed by atoms with Crippen molar-refractivity contribution in [3.05, 3.63) is 63.4 Å². The average Bonchev–Trinajstić information content (AvgIpc) is 2.31. The predicted molar refractivity (Wildman–Crippen MR) is 69.5 cm³/mol. The quantitative estimate of drug-likeness (QED) is 0.899. The lowest BCUT2D eigenvalue weighted by molar-refractivity contribution is 0.220. The maximum absolute atomic E-state index is 10.2. The summed E-state index contributed by atoms with van der Waals surface area (Å²) in [6, 6.07) is 6.89. The van der Waals surface area contributed by atoms with Gasteiger partial charge in [-0.05, 0) is 30.7 Å². The van der Waals surface area contributed by atoms with Crippen LogP contribution in [0.5, 0.6) is 0 Å². The topological polar surface area (TPSA) is 33.1 Å². The number of aliphatic hydroxyl groups is 1. The molecular formula is C13H11Cl2NO. The van der Waals surface area contributed by atoms with Crippen molar-refractivity contribution in [3.8, 4) is 0 Å². The fourth-order valence-corrected chi connectivity index (χ4v) is 2.03. The first kappa shape index (κ1) is 12.4. The summed E-state index contributed by atoms with van der Waals surface area (Å²) in [4.78, 5) is 4.05. The van der Waals surface area contributed by atoms with Crippen molar-refractivity contribution in [1.82, 2.24) is 4.98 Å². The second-order valence-corrected chi connectivity index (χ2v) is 4.71. The van der Waals surface area contributed by atoms with Crippen molar-refractivity contribution in [3.63, 3.8) is 0 Å². The van der Waals surface area contributed by atoms with Gasteiger partial charge >= 0.3 is 0 Å². The van der Waals surface area contributed by atoms with Gasteiger partial charge in [-0.15, -0.1) is 0 Å².